The summed E-state index contributed by atoms with van der Waals surface area (Å²) in [6.45, 7) is 5.29. The number of ether oxygens (including phenoxy) is 2. The predicted octanol–water partition coefficient (Wildman–Crippen LogP) is 3.57. The van der Waals surface area contributed by atoms with Gasteiger partial charge in [0.15, 0.2) is 5.96 Å². The van der Waals surface area contributed by atoms with E-state index in [0.717, 1.165) is 70.2 Å². The minimum absolute atomic E-state index is 0.597. The molecular weight excluding hydrogens is 350 g/mol. The summed E-state index contributed by atoms with van der Waals surface area (Å²) in [6, 6.07) is 11.0. The van der Waals surface area contributed by atoms with Crippen LogP contribution in [-0.4, -0.2) is 52.5 Å². The molecule has 2 fully saturated rings. The van der Waals surface area contributed by atoms with Crippen LogP contribution in [0.1, 0.15) is 50.0 Å². The molecule has 0 aromatic heterocycles. The number of rotatable bonds is 9. The predicted molar refractivity (Wildman–Crippen MR) is 115 cm³/mol. The summed E-state index contributed by atoms with van der Waals surface area (Å²) in [5.74, 6) is 3.00. The van der Waals surface area contributed by atoms with Crippen LogP contribution in [0.4, 0.5) is 0 Å². The second-order valence-electron chi connectivity index (χ2n) is 8.17. The van der Waals surface area contributed by atoms with E-state index in [-0.39, 0.29) is 0 Å². The first-order valence-electron chi connectivity index (χ1n) is 11.0. The highest BCUT2D eigenvalue weighted by Crippen LogP contribution is 2.35. The first-order valence-corrected chi connectivity index (χ1v) is 11.0. The molecule has 2 N–H and O–H groups in total. The quantitative estimate of drug-likeness (QED) is 0.386. The highest BCUT2D eigenvalue weighted by atomic mass is 16.5. The number of hydrogen-bond donors (Lipinski definition) is 2. The number of aliphatic imine (C=N–C) groups is 1. The van der Waals surface area contributed by atoms with E-state index >= 15 is 0 Å². The second-order valence-corrected chi connectivity index (χ2v) is 8.17. The van der Waals surface area contributed by atoms with Crippen molar-refractivity contribution in [3.63, 3.8) is 0 Å². The van der Waals surface area contributed by atoms with Gasteiger partial charge in [-0.1, -0.05) is 30.3 Å². The van der Waals surface area contributed by atoms with Crippen molar-refractivity contribution < 1.29 is 9.47 Å². The Morgan fingerprint density at radius 1 is 1.07 bits per heavy atom. The zero-order chi connectivity index (χ0) is 19.4. The SMILES string of the molecule is CN=C(NCCCOCC1CCOC1)NCC1CCC(c2ccccc2)CC1. The normalized spacial score (nSPS) is 25.6. The van der Waals surface area contributed by atoms with Gasteiger partial charge in [-0.3, -0.25) is 4.99 Å². The molecular formula is C23H37N3O2. The molecule has 0 bridgehead atoms. The van der Waals surface area contributed by atoms with Crippen LogP contribution < -0.4 is 10.6 Å². The van der Waals surface area contributed by atoms with Gasteiger partial charge in [-0.15, -0.1) is 0 Å². The Morgan fingerprint density at radius 3 is 2.61 bits per heavy atom. The Morgan fingerprint density at radius 2 is 1.89 bits per heavy atom. The molecule has 1 unspecified atom stereocenters. The third-order valence-corrected chi connectivity index (χ3v) is 6.03. The molecule has 1 aliphatic heterocycles. The fraction of sp³-hybridized carbons (Fsp3) is 0.696. The summed E-state index contributed by atoms with van der Waals surface area (Å²) in [6.07, 6.45) is 7.32. The van der Waals surface area contributed by atoms with Crippen molar-refractivity contribution in [1.82, 2.24) is 10.6 Å². The first-order chi connectivity index (χ1) is 13.8. The zero-order valence-corrected chi connectivity index (χ0v) is 17.4. The molecule has 3 rings (SSSR count). The van der Waals surface area contributed by atoms with E-state index in [9.17, 15) is 0 Å². The highest BCUT2D eigenvalue weighted by Gasteiger charge is 2.22. The van der Waals surface area contributed by atoms with Crippen molar-refractivity contribution >= 4 is 5.96 Å². The van der Waals surface area contributed by atoms with E-state index < -0.39 is 0 Å². The Kier molecular flexibility index (Phi) is 9.11. The average Bonchev–Trinajstić information content (AvgIpc) is 3.27. The van der Waals surface area contributed by atoms with E-state index in [1.807, 2.05) is 7.05 Å². The highest BCUT2D eigenvalue weighted by molar-refractivity contribution is 5.79. The summed E-state index contributed by atoms with van der Waals surface area (Å²) >= 11 is 0. The van der Waals surface area contributed by atoms with Crippen LogP contribution in [0.3, 0.4) is 0 Å². The molecule has 2 aliphatic rings. The molecule has 28 heavy (non-hydrogen) atoms. The fourth-order valence-corrected chi connectivity index (χ4v) is 4.23. The van der Waals surface area contributed by atoms with Gasteiger partial charge in [-0.25, -0.2) is 0 Å². The van der Waals surface area contributed by atoms with E-state index in [2.05, 4.69) is 46.0 Å². The first kappa shape index (κ1) is 21.1. The molecule has 5 heteroatoms. The molecule has 0 radical (unpaired) electrons. The smallest absolute Gasteiger partial charge is 0.190 e. The van der Waals surface area contributed by atoms with Crippen LogP contribution in [0, 0.1) is 11.8 Å². The summed E-state index contributed by atoms with van der Waals surface area (Å²) < 4.78 is 11.1. The Hall–Kier alpha value is -1.59. The minimum atomic E-state index is 0.597. The van der Waals surface area contributed by atoms with Crippen molar-refractivity contribution in [2.45, 2.75) is 44.4 Å². The lowest BCUT2D eigenvalue weighted by atomic mass is 9.79. The van der Waals surface area contributed by atoms with Crippen molar-refractivity contribution in [1.29, 1.82) is 0 Å². The van der Waals surface area contributed by atoms with Crippen molar-refractivity contribution in [2.24, 2.45) is 16.8 Å². The lowest BCUT2D eigenvalue weighted by Crippen LogP contribution is -2.40. The van der Waals surface area contributed by atoms with Crippen LogP contribution in [0.5, 0.6) is 0 Å². The molecule has 1 aromatic rings. The molecule has 0 amide bonds. The third kappa shape index (κ3) is 7.10. The third-order valence-electron chi connectivity index (χ3n) is 6.03. The summed E-state index contributed by atoms with van der Waals surface area (Å²) in [7, 11) is 1.85. The van der Waals surface area contributed by atoms with Crippen LogP contribution >= 0.6 is 0 Å². The standard InChI is InChI=1S/C23H37N3O2/c1-24-23(25-13-5-14-27-17-20-12-15-28-18-20)26-16-19-8-10-22(11-9-19)21-6-3-2-4-7-21/h2-4,6-7,19-20,22H,5,8-18H2,1H3,(H2,24,25,26). The number of benzene rings is 1. The van der Waals surface area contributed by atoms with Crippen LogP contribution in [0.15, 0.2) is 35.3 Å². The van der Waals surface area contributed by atoms with Gasteiger partial charge in [-0.2, -0.15) is 0 Å². The Balaban J connectivity index is 1.23. The summed E-state index contributed by atoms with van der Waals surface area (Å²) in [5, 5.41) is 6.92. The van der Waals surface area contributed by atoms with E-state index in [0.29, 0.717) is 5.92 Å². The molecule has 1 saturated heterocycles. The van der Waals surface area contributed by atoms with E-state index in [1.54, 1.807) is 0 Å². The molecule has 5 nitrogen and oxygen atoms in total. The molecule has 1 atom stereocenters. The van der Waals surface area contributed by atoms with E-state index in [1.165, 1.54) is 31.2 Å². The van der Waals surface area contributed by atoms with E-state index in [4.69, 9.17) is 9.47 Å². The van der Waals surface area contributed by atoms with Crippen molar-refractivity contribution in [3.05, 3.63) is 35.9 Å². The maximum Gasteiger partial charge on any atom is 0.190 e. The average molecular weight is 388 g/mol. The van der Waals surface area contributed by atoms with Gasteiger partial charge >= 0.3 is 0 Å². The minimum Gasteiger partial charge on any atom is -0.381 e. The maximum absolute atomic E-state index is 5.75. The van der Waals surface area contributed by atoms with Crippen molar-refractivity contribution in [3.8, 4) is 0 Å². The van der Waals surface area contributed by atoms with Crippen LogP contribution in [-0.2, 0) is 9.47 Å². The van der Waals surface area contributed by atoms with Gasteiger partial charge in [0.2, 0.25) is 0 Å². The largest absolute Gasteiger partial charge is 0.381 e. The van der Waals surface area contributed by atoms with Gasteiger partial charge < -0.3 is 20.1 Å². The molecule has 1 aliphatic carbocycles. The van der Waals surface area contributed by atoms with Gasteiger partial charge in [0.25, 0.3) is 0 Å². The molecule has 1 aromatic carbocycles. The molecule has 1 heterocycles. The number of guanidine groups is 1. The Bertz CT molecular complexity index is 564. The topological polar surface area (TPSA) is 54.9 Å². The van der Waals surface area contributed by atoms with Crippen molar-refractivity contribution in [2.75, 3.05) is 46.6 Å². The number of hydrogen-bond acceptors (Lipinski definition) is 3. The maximum atomic E-state index is 5.75. The van der Waals surface area contributed by atoms with Gasteiger partial charge in [0.1, 0.15) is 0 Å². The number of nitrogens with one attached hydrogen (secondary N) is 2. The van der Waals surface area contributed by atoms with Gasteiger partial charge in [-0.05, 0) is 55.9 Å². The zero-order valence-electron chi connectivity index (χ0n) is 17.4. The summed E-state index contributed by atoms with van der Waals surface area (Å²) in [5.41, 5.74) is 1.51. The molecule has 156 valence electrons. The number of nitrogens with zero attached hydrogens (tertiary/aromatic N) is 1. The van der Waals surface area contributed by atoms with Crippen LogP contribution in [0.2, 0.25) is 0 Å². The fourth-order valence-electron chi connectivity index (χ4n) is 4.23. The van der Waals surface area contributed by atoms with Crippen LogP contribution in [0.25, 0.3) is 0 Å². The molecule has 1 saturated carbocycles. The lowest BCUT2D eigenvalue weighted by Gasteiger charge is -2.29. The monoisotopic (exact) mass is 387 g/mol. The molecule has 0 spiro atoms. The van der Waals surface area contributed by atoms with Gasteiger partial charge in [0, 0.05) is 39.3 Å². The lowest BCUT2D eigenvalue weighted by molar-refractivity contribution is 0.0888. The Labute approximate surface area is 170 Å². The summed E-state index contributed by atoms with van der Waals surface area (Å²) in [4.78, 5) is 4.35. The van der Waals surface area contributed by atoms with Gasteiger partial charge in [0.05, 0.1) is 13.2 Å². The second kappa shape index (κ2) is 12.1.